The van der Waals surface area contributed by atoms with Gasteiger partial charge in [-0.25, -0.2) is 4.79 Å². The number of carboxylic acids is 1. The quantitative estimate of drug-likeness (QED) is 0.602. The van der Waals surface area contributed by atoms with E-state index in [0.717, 1.165) is 18.4 Å². The van der Waals surface area contributed by atoms with E-state index in [1.807, 2.05) is 13.8 Å². The molecule has 0 bridgehead atoms. The van der Waals surface area contributed by atoms with Crippen LogP contribution in [0.25, 0.3) is 0 Å². The number of carboxylic acid groups (broad SMARTS) is 1. The lowest BCUT2D eigenvalue weighted by atomic mass is 9.86. The molecular weight excluding hydrogens is 348 g/mol. The maximum absolute atomic E-state index is 12.7. The SMILES string of the molecule is CCCc1c(OC(CC)C(=O)O)ccc2c1OC(C)(CCCCO)CC2=O. The first-order chi connectivity index (χ1) is 12.8. The highest BCUT2D eigenvalue weighted by Crippen LogP contribution is 2.42. The molecule has 2 unspecified atom stereocenters. The van der Waals surface area contributed by atoms with Crippen LogP contribution < -0.4 is 9.47 Å². The van der Waals surface area contributed by atoms with Crippen LogP contribution in [0.4, 0.5) is 0 Å². The minimum Gasteiger partial charge on any atom is -0.486 e. The van der Waals surface area contributed by atoms with Gasteiger partial charge in [0.05, 0.1) is 12.0 Å². The Morgan fingerprint density at radius 3 is 2.67 bits per heavy atom. The lowest BCUT2D eigenvalue weighted by Crippen LogP contribution is -2.39. The van der Waals surface area contributed by atoms with E-state index in [4.69, 9.17) is 14.6 Å². The van der Waals surface area contributed by atoms with Crippen LogP contribution in [0.15, 0.2) is 12.1 Å². The van der Waals surface area contributed by atoms with E-state index in [9.17, 15) is 14.7 Å². The molecule has 1 aliphatic heterocycles. The minimum atomic E-state index is -1.01. The number of fused-ring (bicyclic) bond motifs is 1. The largest absolute Gasteiger partial charge is 0.486 e. The van der Waals surface area contributed by atoms with Crippen molar-refractivity contribution in [3.8, 4) is 11.5 Å². The minimum absolute atomic E-state index is 0.0249. The molecule has 6 nitrogen and oxygen atoms in total. The molecule has 1 aromatic carbocycles. The summed E-state index contributed by atoms with van der Waals surface area (Å²) in [5.74, 6) is 0.00929. The highest BCUT2D eigenvalue weighted by molar-refractivity contribution is 6.01. The van der Waals surface area contributed by atoms with Gasteiger partial charge in [0.2, 0.25) is 0 Å². The van der Waals surface area contributed by atoms with Crippen LogP contribution in [0, 0.1) is 0 Å². The molecule has 2 rings (SSSR count). The molecule has 2 N–H and O–H groups in total. The van der Waals surface area contributed by atoms with E-state index >= 15 is 0 Å². The van der Waals surface area contributed by atoms with Gasteiger partial charge >= 0.3 is 5.97 Å². The fraction of sp³-hybridized carbons (Fsp3) is 0.619. The van der Waals surface area contributed by atoms with E-state index in [1.165, 1.54) is 0 Å². The van der Waals surface area contributed by atoms with E-state index < -0.39 is 17.7 Å². The Balaban J connectivity index is 2.40. The molecule has 0 radical (unpaired) electrons. The van der Waals surface area contributed by atoms with Gasteiger partial charge in [0.15, 0.2) is 11.9 Å². The second-order valence-electron chi connectivity index (χ2n) is 7.35. The topological polar surface area (TPSA) is 93.1 Å². The summed E-state index contributed by atoms with van der Waals surface area (Å²) in [4.78, 5) is 24.1. The van der Waals surface area contributed by atoms with Gasteiger partial charge < -0.3 is 19.7 Å². The van der Waals surface area contributed by atoms with Gasteiger partial charge in [-0.1, -0.05) is 20.3 Å². The van der Waals surface area contributed by atoms with Crippen LogP contribution in [0.3, 0.4) is 0 Å². The molecule has 1 aliphatic rings. The number of carbonyl (C=O) groups is 2. The molecule has 0 spiro atoms. The summed E-state index contributed by atoms with van der Waals surface area (Å²) in [6.45, 7) is 5.81. The summed E-state index contributed by atoms with van der Waals surface area (Å²) < 4.78 is 12.1. The first-order valence-electron chi connectivity index (χ1n) is 9.73. The summed E-state index contributed by atoms with van der Waals surface area (Å²) in [5, 5.41) is 18.3. The summed E-state index contributed by atoms with van der Waals surface area (Å²) >= 11 is 0. The van der Waals surface area contributed by atoms with Crippen molar-refractivity contribution in [3.63, 3.8) is 0 Å². The molecule has 0 fully saturated rings. The Hall–Kier alpha value is -2.08. The Bertz CT molecular complexity index is 683. The number of hydrogen-bond donors (Lipinski definition) is 2. The van der Waals surface area contributed by atoms with E-state index in [1.54, 1.807) is 19.1 Å². The molecule has 0 saturated heterocycles. The molecule has 0 saturated carbocycles. The van der Waals surface area contributed by atoms with E-state index in [2.05, 4.69) is 0 Å². The Morgan fingerprint density at radius 1 is 1.33 bits per heavy atom. The Kier molecular flexibility index (Phi) is 7.25. The second-order valence-corrected chi connectivity index (χ2v) is 7.35. The molecule has 6 heteroatoms. The number of ether oxygens (including phenoxy) is 2. The van der Waals surface area contributed by atoms with Crippen molar-refractivity contribution >= 4 is 11.8 Å². The van der Waals surface area contributed by atoms with E-state index in [-0.39, 0.29) is 12.4 Å². The van der Waals surface area contributed by atoms with Gasteiger partial charge in [-0.05, 0) is 51.2 Å². The van der Waals surface area contributed by atoms with E-state index in [0.29, 0.717) is 49.2 Å². The number of hydrogen-bond acceptors (Lipinski definition) is 5. The number of benzene rings is 1. The number of carbonyl (C=O) groups excluding carboxylic acids is 1. The lowest BCUT2D eigenvalue weighted by molar-refractivity contribution is -0.145. The number of unbranched alkanes of at least 4 members (excludes halogenated alkanes) is 1. The predicted octanol–water partition coefficient (Wildman–Crippen LogP) is 3.77. The first kappa shape index (κ1) is 21.2. The van der Waals surface area contributed by atoms with Crippen molar-refractivity contribution in [2.24, 2.45) is 0 Å². The van der Waals surface area contributed by atoms with Crippen LogP contribution in [0.2, 0.25) is 0 Å². The van der Waals surface area contributed by atoms with Crippen molar-refractivity contribution in [3.05, 3.63) is 23.3 Å². The predicted molar refractivity (Wildman–Crippen MR) is 102 cm³/mol. The number of aliphatic hydroxyl groups excluding tert-OH is 1. The fourth-order valence-corrected chi connectivity index (χ4v) is 3.47. The van der Waals surface area contributed by atoms with Crippen LogP contribution in [-0.2, 0) is 11.2 Å². The van der Waals surface area contributed by atoms with Crippen molar-refractivity contribution in [1.29, 1.82) is 0 Å². The van der Waals surface area contributed by atoms with Gasteiger partial charge in [0.25, 0.3) is 0 Å². The van der Waals surface area contributed by atoms with Crippen LogP contribution >= 0.6 is 0 Å². The number of rotatable bonds is 10. The van der Waals surface area contributed by atoms with Crippen molar-refractivity contribution in [1.82, 2.24) is 0 Å². The second kappa shape index (κ2) is 9.22. The summed E-state index contributed by atoms with van der Waals surface area (Å²) in [6, 6.07) is 3.36. The molecule has 2 atom stereocenters. The monoisotopic (exact) mass is 378 g/mol. The normalized spacial score (nSPS) is 19.9. The molecular formula is C21H30O6. The standard InChI is InChI=1S/C21H30O6/c1-4-8-15-18(26-17(5-2)20(24)25)10-9-14-16(23)13-21(3,27-19(14)15)11-6-7-12-22/h9-10,17,22H,4-8,11-13H2,1-3H3,(H,24,25). The number of Topliss-reactive ketones (excluding diaryl/α,β-unsaturated/α-hetero) is 1. The summed E-state index contributed by atoms with van der Waals surface area (Å²) in [5.41, 5.74) is 0.669. The van der Waals surface area contributed by atoms with Crippen LogP contribution in [-0.4, -0.2) is 40.3 Å². The zero-order valence-corrected chi connectivity index (χ0v) is 16.4. The molecule has 27 heavy (non-hydrogen) atoms. The van der Waals surface area contributed by atoms with Gasteiger partial charge in [-0.3, -0.25) is 4.79 Å². The number of ketones is 1. The third-order valence-electron chi connectivity index (χ3n) is 4.93. The smallest absolute Gasteiger partial charge is 0.344 e. The molecule has 1 heterocycles. The zero-order valence-electron chi connectivity index (χ0n) is 16.4. The lowest BCUT2D eigenvalue weighted by Gasteiger charge is -2.36. The maximum Gasteiger partial charge on any atom is 0.344 e. The number of aliphatic carboxylic acids is 1. The molecule has 150 valence electrons. The Labute approximate surface area is 160 Å². The fourth-order valence-electron chi connectivity index (χ4n) is 3.47. The van der Waals surface area contributed by atoms with Crippen molar-refractivity contribution in [2.45, 2.75) is 77.4 Å². The third-order valence-corrected chi connectivity index (χ3v) is 4.93. The third kappa shape index (κ3) is 5.01. The highest BCUT2D eigenvalue weighted by Gasteiger charge is 2.38. The highest BCUT2D eigenvalue weighted by atomic mass is 16.5. The van der Waals surface area contributed by atoms with Crippen molar-refractivity contribution in [2.75, 3.05) is 6.61 Å². The summed E-state index contributed by atoms with van der Waals surface area (Å²) in [7, 11) is 0. The average Bonchev–Trinajstić information content (AvgIpc) is 2.61. The zero-order chi connectivity index (χ0) is 20.0. The van der Waals surface area contributed by atoms with Gasteiger partial charge in [0, 0.05) is 12.2 Å². The van der Waals surface area contributed by atoms with Gasteiger partial charge in [-0.15, -0.1) is 0 Å². The van der Waals surface area contributed by atoms with Gasteiger partial charge in [0.1, 0.15) is 17.1 Å². The average molecular weight is 378 g/mol. The molecule has 1 aromatic rings. The number of aliphatic hydroxyl groups is 1. The Morgan fingerprint density at radius 2 is 2.07 bits per heavy atom. The molecule has 0 aliphatic carbocycles. The van der Waals surface area contributed by atoms with Crippen LogP contribution in [0.1, 0.15) is 75.2 Å². The molecule has 0 amide bonds. The first-order valence-corrected chi connectivity index (χ1v) is 9.73. The van der Waals surface area contributed by atoms with Gasteiger partial charge in [-0.2, -0.15) is 0 Å². The summed E-state index contributed by atoms with van der Waals surface area (Å²) in [6.07, 6.45) is 3.26. The van der Waals surface area contributed by atoms with Crippen LogP contribution in [0.5, 0.6) is 11.5 Å². The molecule has 0 aromatic heterocycles. The van der Waals surface area contributed by atoms with Crippen molar-refractivity contribution < 1.29 is 29.3 Å². The maximum atomic E-state index is 12.7.